The topological polar surface area (TPSA) is 64.8 Å². The number of hydrogen-bond donors (Lipinski definition) is 1. The standard InChI is InChI=1S/C20H22N2O3/c1-24-17-9-8-14(12-18(17)25-2)13-22-11-10-16(21)19(22)20(23)15-6-4-3-5-7-15/h3-9,12H,10-11,13,21H2,1-2H3. The molecule has 0 amide bonds. The highest BCUT2D eigenvalue weighted by molar-refractivity contribution is 6.08. The maximum atomic E-state index is 12.9. The Bertz CT molecular complexity index is 800. The van der Waals surface area contributed by atoms with Crippen LogP contribution in [-0.2, 0) is 6.54 Å². The molecular weight excluding hydrogens is 316 g/mol. The summed E-state index contributed by atoms with van der Waals surface area (Å²) in [6.45, 7) is 1.32. The van der Waals surface area contributed by atoms with Crippen molar-refractivity contribution >= 4 is 5.78 Å². The molecule has 0 radical (unpaired) electrons. The molecule has 5 nitrogen and oxygen atoms in total. The molecule has 1 heterocycles. The number of rotatable bonds is 6. The first kappa shape index (κ1) is 16.9. The van der Waals surface area contributed by atoms with Crippen LogP contribution in [0.25, 0.3) is 0 Å². The van der Waals surface area contributed by atoms with E-state index in [0.717, 1.165) is 12.1 Å². The van der Waals surface area contributed by atoms with Gasteiger partial charge in [0.25, 0.3) is 0 Å². The van der Waals surface area contributed by atoms with Crippen LogP contribution in [0.2, 0.25) is 0 Å². The van der Waals surface area contributed by atoms with Gasteiger partial charge in [0.15, 0.2) is 11.5 Å². The van der Waals surface area contributed by atoms with Gasteiger partial charge in [0.2, 0.25) is 5.78 Å². The molecule has 0 saturated carbocycles. The molecule has 0 bridgehead atoms. The number of benzene rings is 2. The first-order chi connectivity index (χ1) is 12.1. The van der Waals surface area contributed by atoms with Crippen LogP contribution >= 0.6 is 0 Å². The van der Waals surface area contributed by atoms with Crippen molar-refractivity contribution in [2.75, 3.05) is 20.8 Å². The van der Waals surface area contributed by atoms with Gasteiger partial charge in [-0.25, -0.2) is 0 Å². The fourth-order valence-electron chi connectivity index (χ4n) is 3.06. The number of nitrogens with zero attached hydrogens (tertiary/aromatic N) is 1. The van der Waals surface area contributed by atoms with Crippen molar-refractivity contribution in [2.24, 2.45) is 5.73 Å². The van der Waals surface area contributed by atoms with Crippen LogP contribution < -0.4 is 15.2 Å². The van der Waals surface area contributed by atoms with Crippen molar-refractivity contribution in [1.82, 2.24) is 4.90 Å². The fraction of sp³-hybridized carbons (Fsp3) is 0.250. The number of ketones is 1. The summed E-state index contributed by atoms with van der Waals surface area (Å²) >= 11 is 0. The van der Waals surface area contributed by atoms with Gasteiger partial charge in [0.1, 0.15) is 5.70 Å². The van der Waals surface area contributed by atoms with Crippen LogP contribution in [0.3, 0.4) is 0 Å². The number of carbonyl (C=O) groups excluding carboxylic acids is 1. The molecule has 0 aliphatic carbocycles. The Kier molecular flexibility index (Phi) is 4.93. The van der Waals surface area contributed by atoms with Crippen LogP contribution in [0.4, 0.5) is 0 Å². The molecule has 1 aliphatic rings. The molecule has 1 aliphatic heterocycles. The lowest BCUT2D eigenvalue weighted by Crippen LogP contribution is -2.25. The van der Waals surface area contributed by atoms with Gasteiger partial charge in [-0.3, -0.25) is 4.79 Å². The van der Waals surface area contributed by atoms with Crippen LogP contribution in [0.15, 0.2) is 59.9 Å². The number of Topliss-reactive ketones (excluding diaryl/α,β-unsaturated/α-hetero) is 1. The molecule has 0 unspecified atom stereocenters. The van der Waals surface area contributed by atoms with Gasteiger partial charge in [-0.15, -0.1) is 0 Å². The van der Waals surface area contributed by atoms with Gasteiger partial charge in [-0.2, -0.15) is 0 Å². The summed E-state index contributed by atoms with van der Waals surface area (Å²) < 4.78 is 10.6. The van der Waals surface area contributed by atoms with Crippen molar-refractivity contribution in [3.63, 3.8) is 0 Å². The molecule has 2 aromatic carbocycles. The molecule has 25 heavy (non-hydrogen) atoms. The average Bonchev–Trinajstić information content (AvgIpc) is 3.01. The number of ether oxygens (including phenoxy) is 2. The van der Waals surface area contributed by atoms with Crippen molar-refractivity contribution in [3.05, 3.63) is 71.1 Å². The summed E-state index contributed by atoms with van der Waals surface area (Å²) in [7, 11) is 3.22. The fourth-order valence-corrected chi connectivity index (χ4v) is 3.06. The summed E-state index contributed by atoms with van der Waals surface area (Å²) in [5.41, 5.74) is 9.07. The number of methoxy groups -OCH3 is 2. The normalized spacial score (nSPS) is 13.9. The summed E-state index contributed by atoms with van der Waals surface area (Å²) in [6.07, 6.45) is 0.696. The third-order valence-electron chi connectivity index (χ3n) is 4.34. The maximum Gasteiger partial charge on any atom is 0.210 e. The van der Waals surface area contributed by atoms with Crippen molar-refractivity contribution in [1.29, 1.82) is 0 Å². The lowest BCUT2D eigenvalue weighted by molar-refractivity contribution is 0.0994. The number of hydrogen-bond acceptors (Lipinski definition) is 5. The third kappa shape index (κ3) is 3.45. The van der Waals surface area contributed by atoms with Crippen molar-refractivity contribution < 1.29 is 14.3 Å². The molecule has 0 spiro atoms. The van der Waals surface area contributed by atoms with E-state index in [1.807, 2.05) is 53.4 Å². The SMILES string of the molecule is COc1ccc(CN2CCC(N)=C2C(=O)c2ccccc2)cc1OC. The van der Waals surface area contributed by atoms with Crippen LogP contribution in [0.5, 0.6) is 11.5 Å². The Morgan fingerprint density at radius 2 is 1.80 bits per heavy atom. The lowest BCUT2D eigenvalue weighted by Gasteiger charge is -2.22. The van der Waals surface area contributed by atoms with E-state index in [2.05, 4.69) is 0 Å². The smallest absolute Gasteiger partial charge is 0.210 e. The van der Waals surface area contributed by atoms with E-state index in [4.69, 9.17) is 15.2 Å². The molecule has 5 heteroatoms. The van der Waals surface area contributed by atoms with E-state index >= 15 is 0 Å². The monoisotopic (exact) mass is 338 g/mol. The second kappa shape index (κ2) is 7.30. The first-order valence-corrected chi connectivity index (χ1v) is 8.18. The van der Waals surface area contributed by atoms with E-state index < -0.39 is 0 Å². The molecule has 130 valence electrons. The molecular formula is C20H22N2O3. The van der Waals surface area contributed by atoms with Gasteiger partial charge < -0.3 is 20.1 Å². The number of allylic oxidation sites excluding steroid dienone is 1. The summed E-state index contributed by atoms with van der Waals surface area (Å²) in [4.78, 5) is 14.9. The lowest BCUT2D eigenvalue weighted by atomic mass is 10.1. The quantitative estimate of drug-likeness (QED) is 0.821. The minimum absolute atomic E-state index is 0.0314. The zero-order valence-corrected chi connectivity index (χ0v) is 14.5. The Balaban J connectivity index is 1.84. The minimum Gasteiger partial charge on any atom is -0.493 e. The van der Waals surface area contributed by atoms with Gasteiger partial charge in [-0.1, -0.05) is 36.4 Å². The van der Waals surface area contributed by atoms with E-state index in [1.54, 1.807) is 14.2 Å². The largest absolute Gasteiger partial charge is 0.493 e. The molecule has 0 fully saturated rings. The van der Waals surface area contributed by atoms with Gasteiger partial charge in [0, 0.05) is 30.8 Å². The average molecular weight is 338 g/mol. The van der Waals surface area contributed by atoms with E-state index in [0.29, 0.717) is 41.4 Å². The van der Waals surface area contributed by atoms with Crippen LogP contribution in [-0.4, -0.2) is 31.4 Å². The molecule has 0 aromatic heterocycles. The first-order valence-electron chi connectivity index (χ1n) is 8.18. The highest BCUT2D eigenvalue weighted by Gasteiger charge is 2.27. The zero-order valence-electron chi connectivity index (χ0n) is 14.5. The highest BCUT2D eigenvalue weighted by atomic mass is 16.5. The predicted octanol–water partition coefficient (Wildman–Crippen LogP) is 2.96. The second-order valence-electron chi connectivity index (χ2n) is 5.93. The van der Waals surface area contributed by atoms with Crippen molar-refractivity contribution in [2.45, 2.75) is 13.0 Å². The Morgan fingerprint density at radius 3 is 2.48 bits per heavy atom. The Labute approximate surface area is 147 Å². The molecule has 3 rings (SSSR count). The van der Waals surface area contributed by atoms with Crippen LogP contribution in [0, 0.1) is 0 Å². The second-order valence-corrected chi connectivity index (χ2v) is 5.93. The maximum absolute atomic E-state index is 12.9. The summed E-state index contributed by atoms with van der Waals surface area (Å²) in [6, 6.07) is 15.0. The minimum atomic E-state index is -0.0314. The number of carbonyl (C=O) groups is 1. The third-order valence-corrected chi connectivity index (χ3v) is 4.34. The summed E-state index contributed by atoms with van der Waals surface area (Å²) in [5, 5.41) is 0. The van der Waals surface area contributed by atoms with E-state index in [-0.39, 0.29) is 5.78 Å². The van der Waals surface area contributed by atoms with Crippen LogP contribution in [0.1, 0.15) is 22.3 Å². The zero-order chi connectivity index (χ0) is 17.8. The van der Waals surface area contributed by atoms with Gasteiger partial charge >= 0.3 is 0 Å². The van der Waals surface area contributed by atoms with Crippen molar-refractivity contribution in [3.8, 4) is 11.5 Å². The van der Waals surface area contributed by atoms with E-state index in [9.17, 15) is 4.79 Å². The predicted molar refractivity (Wildman–Crippen MR) is 96.6 cm³/mol. The summed E-state index contributed by atoms with van der Waals surface area (Å²) in [5.74, 6) is 1.33. The molecule has 2 N–H and O–H groups in total. The number of nitrogens with two attached hydrogens (primary N) is 1. The Morgan fingerprint density at radius 1 is 1.08 bits per heavy atom. The Hall–Kier alpha value is -2.95. The van der Waals surface area contributed by atoms with Gasteiger partial charge in [0.05, 0.1) is 14.2 Å². The van der Waals surface area contributed by atoms with E-state index in [1.165, 1.54) is 0 Å². The van der Waals surface area contributed by atoms with Gasteiger partial charge in [-0.05, 0) is 17.7 Å². The molecule has 0 atom stereocenters. The molecule has 2 aromatic rings. The highest BCUT2D eigenvalue weighted by Crippen LogP contribution is 2.30. The molecule has 0 saturated heterocycles.